The van der Waals surface area contributed by atoms with Gasteiger partial charge in [-0.1, -0.05) is 37.3 Å². The minimum Gasteiger partial charge on any atom is -0.325 e. The van der Waals surface area contributed by atoms with Crippen LogP contribution in [0.15, 0.2) is 48.5 Å². The first kappa shape index (κ1) is 15.9. The zero-order valence-corrected chi connectivity index (χ0v) is 13.4. The third-order valence-electron chi connectivity index (χ3n) is 4.08. The van der Waals surface area contributed by atoms with Crippen molar-refractivity contribution in [3.05, 3.63) is 65.2 Å². The molecule has 24 heavy (non-hydrogen) atoms. The van der Waals surface area contributed by atoms with Gasteiger partial charge in [0.15, 0.2) is 0 Å². The smallest absolute Gasteiger partial charge is 0.261 e. The molecule has 0 saturated heterocycles. The van der Waals surface area contributed by atoms with Gasteiger partial charge in [0, 0.05) is 11.3 Å². The molecule has 0 saturated carbocycles. The molecule has 1 aliphatic heterocycles. The molecule has 3 rings (SSSR count). The number of benzene rings is 2. The maximum atomic E-state index is 12.4. The van der Waals surface area contributed by atoms with Crippen LogP contribution in [0.4, 0.5) is 5.69 Å². The van der Waals surface area contributed by atoms with Crippen molar-refractivity contribution in [2.75, 3.05) is 11.9 Å². The summed E-state index contributed by atoms with van der Waals surface area (Å²) in [6.07, 6.45) is 1.06. The number of rotatable bonds is 4. The Morgan fingerprint density at radius 1 is 1.08 bits per heavy atom. The van der Waals surface area contributed by atoms with Crippen LogP contribution in [0.2, 0.25) is 0 Å². The van der Waals surface area contributed by atoms with E-state index in [0.29, 0.717) is 16.8 Å². The molecule has 0 bridgehead atoms. The Kier molecular flexibility index (Phi) is 4.42. The molecule has 3 amide bonds. The second-order valence-electron chi connectivity index (χ2n) is 5.72. The molecular weight excluding hydrogens is 304 g/mol. The molecule has 0 aliphatic carbocycles. The van der Waals surface area contributed by atoms with Crippen molar-refractivity contribution in [2.45, 2.75) is 19.8 Å². The van der Waals surface area contributed by atoms with Crippen molar-refractivity contribution in [1.82, 2.24) is 4.90 Å². The van der Waals surface area contributed by atoms with E-state index in [0.717, 1.165) is 11.3 Å². The summed E-state index contributed by atoms with van der Waals surface area (Å²) in [6, 6.07) is 14.5. The van der Waals surface area contributed by atoms with E-state index in [9.17, 15) is 14.4 Å². The number of fused-ring (bicyclic) bond motifs is 1. The van der Waals surface area contributed by atoms with Crippen molar-refractivity contribution in [2.24, 2.45) is 0 Å². The van der Waals surface area contributed by atoms with Gasteiger partial charge in [0.2, 0.25) is 11.8 Å². The zero-order valence-electron chi connectivity index (χ0n) is 13.4. The standard InChI is InChI=1S/C19H18N2O3/c1-2-13-7-9-15(10-8-13)20-17(22)12-21-18(23)11-14-5-3-4-6-16(14)19(21)24/h3-10H,2,11-12H2,1H3,(H,20,22). The van der Waals surface area contributed by atoms with Gasteiger partial charge in [-0.3, -0.25) is 19.3 Å². The number of aryl methyl sites for hydroxylation is 1. The predicted molar refractivity (Wildman–Crippen MR) is 90.6 cm³/mol. The minimum atomic E-state index is -0.418. The third kappa shape index (κ3) is 3.20. The van der Waals surface area contributed by atoms with Crippen molar-refractivity contribution in [3.8, 4) is 0 Å². The van der Waals surface area contributed by atoms with Crippen LogP contribution in [0.5, 0.6) is 0 Å². The summed E-state index contributed by atoms with van der Waals surface area (Å²) < 4.78 is 0. The monoisotopic (exact) mass is 322 g/mol. The average Bonchev–Trinajstić information content (AvgIpc) is 2.59. The Balaban J connectivity index is 1.69. The van der Waals surface area contributed by atoms with Crippen LogP contribution in [-0.4, -0.2) is 29.2 Å². The summed E-state index contributed by atoms with van der Waals surface area (Å²) in [5.41, 5.74) is 3.01. The maximum absolute atomic E-state index is 12.4. The van der Waals surface area contributed by atoms with Gasteiger partial charge < -0.3 is 5.32 Å². The molecular formula is C19H18N2O3. The van der Waals surface area contributed by atoms with E-state index in [1.807, 2.05) is 24.3 Å². The molecule has 2 aromatic rings. The number of imide groups is 1. The van der Waals surface area contributed by atoms with Gasteiger partial charge in [0.25, 0.3) is 5.91 Å². The van der Waals surface area contributed by atoms with Gasteiger partial charge in [-0.25, -0.2) is 0 Å². The van der Waals surface area contributed by atoms with Gasteiger partial charge in [0.05, 0.1) is 6.42 Å². The van der Waals surface area contributed by atoms with Crippen molar-refractivity contribution in [1.29, 1.82) is 0 Å². The normalized spacial score (nSPS) is 13.6. The molecule has 0 radical (unpaired) electrons. The highest BCUT2D eigenvalue weighted by atomic mass is 16.2. The second kappa shape index (κ2) is 6.66. The van der Waals surface area contributed by atoms with E-state index in [1.165, 1.54) is 5.56 Å². The summed E-state index contributed by atoms with van der Waals surface area (Å²) in [5, 5.41) is 2.72. The number of carbonyl (C=O) groups excluding carboxylic acids is 3. The Labute approximate surface area is 140 Å². The van der Waals surface area contributed by atoms with Crippen LogP contribution >= 0.6 is 0 Å². The minimum absolute atomic E-state index is 0.139. The number of amides is 3. The van der Waals surface area contributed by atoms with E-state index in [4.69, 9.17) is 0 Å². The SMILES string of the molecule is CCc1ccc(NC(=O)CN2C(=O)Cc3ccccc3C2=O)cc1. The fourth-order valence-electron chi connectivity index (χ4n) is 2.73. The molecule has 0 spiro atoms. The lowest BCUT2D eigenvalue weighted by atomic mass is 9.98. The van der Waals surface area contributed by atoms with E-state index < -0.39 is 5.91 Å². The molecule has 1 aliphatic rings. The van der Waals surface area contributed by atoms with E-state index in [2.05, 4.69) is 12.2 Å². The Morgan fingerprint density at radius 3 is 2.50 bits per heavy atom. The summed E-state index contributed by atoms with van der Waals surface area (Å²) in [4.78, 5) is 37.8. The molecule has 122 valence electrons. The Bertz CT molecular complexity index is 797. The van der Waals surface area contributed by atoms with Crippen molar-refractivity contribution < 1.29 is 14.4 Å². The number of anilines is 1. The zero-order chi connectivity index (χ0) is 17.1. The molecule has 5 nitrogen and oxygen atoms in total. The molecule has 0 aromatic heterocycles. The molecule has 2 aromatic carbocycles. The predicted octanol–water partition coefficient (Wildman–Crippen LogP) is 2.41. The van der Waals surface area contributed by atoms with Crippen molar-refractivity contribution >= 4 is 23.4 Å². The first-order chi connectivity index (χ1) is 11.6. The van der Waals surface area contributed by atoms with Crippen molar-refractivity contribution in [3.63, 3.8) is 0 Å². The van der Waals surface area contributed by atoms with Crippen LogP contribution in [0.1, 0.15) is 28.4 Å². The van der Waals surface area contributed by atoms with Crippen LogP contribution in [0.25, 0.3) is 0 Å². The number of hydrogen-bond donors (Lipinski definition) is 1. The Morgan fingerprint density at radius 2 is 1.79 bits per heavy atom. The van der Waals surface area contributed by atoms with Crippen LogP contribution in [0, 0.1) is 0 Å². The first-order valence-electron chi connectivity index (χ1n) is 7.90. The molecule has 1 N–H and O–H groups in total. The lowest BCUT2D eigenvalue weighted by Gasteiger charge is -2.26. The van der Waals surface area contributed by atoms with E-state index in [-0.39, 0.29) is 24.8 Å². The van der Waals surface area contributed by atoms with E-state index >= 15 is 0 Å². The van der Waals surface area contributed by atoms with E-state index in [1.54, 1.807) is 24.3 Å². The third-order valence-corrected chi connectivity index (χ3v) is 4.08. The highest BCUT2D eigenvalue weighted by Crippen LogP contribution is 2.19. The topological polar surface area (TPSA) is 66.5 Å². The lowest BCUT2D eigenvalue weighted by molar-refractivity contribution is -0.131. The summed E-state index contributed by atoms with van der Waals surface area (Å²) >= 11 is 0. The summed E-state index contributed by atoms with van der Waals surface area (Å²) in [6.45, 7) is 1.78. The highest BCUT2D eigenvalue weighted by Gasteiger charge is 2.31. The highest BCUT2D eigenvalue weighted by molar-refractivity contribution is 6.12. The first-order valence-corrected chi connectivity index (χ1v) is 7.90. The van der Waals surface area contributed by atoms with Gasteiger partial charge in [-0.15, -0.1) is 0 Å². The molecule has 1 heterocycles. The Hall–Kier alpha value is -2.95. The fourth-order valence-corrected chi connectivity index (χ4v) is 2.73. The lowest BCUT2D eigenvalue weighted by Crippen LogP contribution is -2.46. The molecule has 0 fully saturated rings. The van der Waals surface area contributed by atoms with Crippen LogP contribution in [0.3, 0.4) is 0 Å². The van der Waals surface area contributed by atoms with Gasteiger partial charge in [-0.2, -0.15) is 0 Å². The number of carbonyl (C=O) groups is 3. The maximum Gasteiger partial charge on any atom is 0.261 e. The van der Waals surface area contributed by atoms with Gasteiger partial charge in [0.1, 0.15) is 6.54 Å². The quantitative estimate of drug-likeness (QED) is 0.879. The number of hydrogen-bond acceptors (Lipinski definition) is 3. The molecule has 0 unspecified atom stereocenters. The average molecular weight is 322 g/mol. The molecule has 0 atom stereocenters. The summed E-state index contributed by atoms with van der Waals surface area (Å²) in [7, 11) is 0. The fraction of sp³-hybridized carbons (Fsp3) is 0.211. The largest absolute Gasteiger partial charge is 0.325 e. The molecule has 5 heteroatoms. The second-order valence-corrected chi connectivity index (χ2v) is 5.72. The number of nitrogens with zero attached hydrogens (tertiary/aromatic N) is 1. The number of nitrogens with one attached hydrogen (secondary N) is 1. The van der Waals surface area contributed by atoms with Gasteiger partial charge in [-0.05, 0) is 35.7 Å². The summed E-state index contributed by atoms with van der Waals surface area (Å²) in [5.74, 6) is -1.16. The van der Waals surface area contributed by atoms with Crippen LogP contribution in [-0.2, 0) is 22.4 Å². The van der Waals surface area contributed by atoms with Gasteiger partial charge >= 0.3 is 0 Å². The van der Waals surface area contributed by atoms with Crippen LogP contribution < -0.4 is 5.32 Å².